The Bertz CT molecular complexity index is 743. The van der Waals surface area contributed by atoms with Crippen molar-refractivity contribution in [2.75, 3.05) is 0 Å². The third kappa shape index (κ3) is 2.38. The fourth-order valence-corrected chi connectivity index (χ4v) is 2.87. The molecular weight excluding hydrogens is 260 g/mol. The zero-order valence-corrected chi connectivity index (χ0v) is 11.8. The molecule has 2 aromatic rings. The van der Waals surface area contributed by atoms with Gasteiger partial charge in [-0.05, 0) is 53.3 Å². The van der Waals surface area contributed by atoms with E-state index in [9.17, 15) is 4.79 Å². The second kappa shape index (κ2) is 5.37. The van der Waals surface area contributed by atoms with Crippen LogP contribution in [0.25, 0.3) is 11.1 Å². The zero-order chi connectivity index (χ0) is 14.8. The van der Waals surface area contributed by atoms with Crippen LogP contribution in [-0.2, 0) is 4.79 Å². The van der Waals surface area contributed by atoms with E-state index in [1.807, 2.05) is 49.4 Å². The Labute approximate surface area is 123 Å². The van der Waals surface area contributed by atoms with E-state index >= 15 is 0 Å². The lowest BCUT2D eigenvalue weighted by molar-refractivity contribution is -0.114. The zero-order valence-electron chi connectivity index (χ0n) is 11.8. The van der Waals surface area contributed by atoms with Gasteiger partial charge in [0.25, 0.3) is 0 Å². The molecule has 1 aliphatic rings. The van der Waals surface area contributed by atoms with Crippen LogP contribution in [0.1, 0.15) is 24.5 Å². The van der Waals surface area contributed by atoms with E-state index < -0.39 is 0 Å². The highest BCUT2D eigenvalue weighted by atomic mass is 16.1. The van der Waals surface area contributed by atoms with Gasteiger partial charge in [-0.25, -0.2) is 0 Å². The Hall–Kier alpha value is -2.68. The summed E-state index contributed by atoms with van der Waals surface area (Å²) in [5, 5.41) is 0. The molecule has 0 spiro atoms. The molecule has 0 saturated heterocycles. The molecule has 1 amide bonds. The molecule has 0 radical (unpaired) electrons. The predicted octanol–water partition coefficient (Wildman–Crippen LogP) is 3.20. The average Bonchev–Trinajstić information content (AvgIpc) is 2.87. The van der Waals surface area contributed by atoms with Crippen LogP contribution in [0.3, 0.4) is 0 Å². The van der Waals surface area contributed by atoms with Gasteiger partial charge < -0.3 is 5.73 Å². The highest BCUT2D eigenvalue weighted by molar-refractivity contribution is 6.11. The lowest BCUT2D eigenvalue weighted by Gasteiger charge is -2.06. The first-order chi connectivity index (χ1) is 10.2. The number of benzene rings is 1. The molecule has 0 fully saturated rings. The fourth-order valence-electron chi connectivity index (χ4n) is 2.87. The molecule has 3 rings (SSSR count). The first kappa shape index (κ1) is 13.3. The van der Waals surface area contributed by atoms with Crippen LogP contribution in [0.5, 0.6) is 0 Å². The molecule has 0 aliphatic heterocycles. The summed E-state index contributed by atoms with van der Waals surface area (Å²) in [5.41, 5.74) is 11.5. The number of hydrogen-bond acceptors (Lipinski definition) is 2. The first-order valence-corrected chi connectivity index (χ1v) is 6.87. The quantitative estimate of drug-likeness (QED) is 0.936. The maximum atomic E-state index is 11.9. The summed E-state index contributed by atoms with van der Waals surface area (Å²) in [6.07, 6.45) is 4.25. The molecule has 21 heavy (non-hydrogen) atoms. The van der Waals surface area contributed by atoms with E-state index in [1.165, 1.54) is 0 Å². The van der Waals surface area contributed by atoms with E-state index in [0.29, 0.717) is 5.57 Å². The fraction of sp³-hybridized carbons (Fsp3) is 0.111. The third-order valence-corrected chi connectivity index (χ3v) is 3.88. The van der Waals surface area contributed by atoms with Crippen molar-refractivity contribution in [3.63, 3.8) is 0 Å². The smallest absolute Gasteiger partial charge is 0.249 e. The van der Waals surface area contributed by atoms with Crippen LogP contribution in [0.15, 0.2) is 66.0 Å². The summed E-state index contributed by atoms with van der Waals surface area (Å²) in [6, 6.07) is 13.9. The van der Waals surface area contributed by atoms with Crippen molar-refractivity contribution in [1.29, 1.82) is 0 Å². The summed E-state index contributed by atoms with van der Waals surface area (Å²) in [6.45, 7) is 1.96. The lowest BCUT2D eigenvalue weighted by atomic mass is 9.98. The number of amides is 1. The number of allylic oxidation sites excluding steroid dienone is 2. The maximum Gasteiger partial charge on any atom is 0.249 e. The minimum atomic E-state index is -0.365. The molecule has 0 saturated carbocycles. The second-order valence-corrected chi connectivity index (χ2v) is 5.10. The number of carbonyl (C=O) groups is 1. The molecule has 1 heterocycles. The van der Waals surface area contributed by atoms with Crippen LogP contribution in [0, 0.1) is 0 Å². The largest absolute Gasteiger partial charge is 0.366 e. The van der Waals surface area contributed by atoms with Gasteiger partial charge in [-0.15, -0.1) is 0 Å². The first-order valence-electron chi connectivity index (χ1n) is 6.87. The summed E-state index contributed by atoms with van der Waals surface area (Å²) in [5.74, 6) is -0.365. The number of nitrogens with zero attached hydrogens (tertiary/aromatic N) is 1. The summed E-state index contributed by atoms with van der Waals surface area (Å²) in [7, 11) is 0. The second-order valence-electron chi connectivity index (χ2n) is 5.10. The highest BCUT2D eigenvalue weighted by Crippen LogP contribution is 2.42. The molecule has 0 atom stereocenters. The monoisotopic (exact) mass is 276 g/mol. The van der Waals surface area contributed by atoms with Gasteiger partial charge >= 0.3 is 0 Å². The molecule has 104 valence electrons. The number of rotatable bonds is 3. The van der Waals surface area contributed by atoms with Crippen molar-refractivity contribution in [3.05, 3.63) is 77.1 Å². The number of pyridine rings is 1. The van der Waals surface area contributed by atoms with Gasteiger partial charge in [-0.2, -0.15) is 0 Å². The topological polar surface area (TPSA) is 56.0 Å². The van der Waals surface area contributed by atoms with Crippen LogP contribution in [0.4, 0.5) is 0 Å². The average molecular weight is 276 g/mol. The SMILES string of the molecule is CC1=C(c2ccncc2)CC(c2ccccc2)=C1C(N)=O. The molecule has 3 nitrogen and oxygen atoms in total. The number of hydrogen-bond donors (Lipinski definition) is 1. The van der Waals surface area contributed by atoms with Crippen molar-refractivity contribution in [2.24, 2.45) is 5.73 Å². The van der Waals surface area contributed by atoms with Crippen LogP contribution < -0.4 is 5.73 Å². The number of aromatic nitrogens is 1. The Morgan fingerprint density at radius 1 is 1.00 bits per heavy atom. The van der Waals surface area contributed by atoms with Gasteiger partial charge in [0.15, 0.2) is 0 Å². The summed E-state index contributed by atoms with van der Waals surface area (Å²) < 4.78 is 0. The number of primary amides is 1. The van der Waals surface area contributed by atoms with Gasteiger partial charge in [0.1, 0.15) is 0 Å². The van der Waals surface area contributed by atoms with E-state index in [1.54, 1.807) is 12.4 Å². The van der Waals surface area contributed by atoms with E-state index in [0.717, 1.165) is 34.3 Å². The number of carbonyl (C=O) groups excluding carboxylic acids is 1. The normalized spacial score (nSPS) is 14.7. The Balaban J connectivity index is 2.10. The van der Waals surface area contributed by atoms with Gasteiger partial charge in [-0.3, -0.25) is 9.78 Å². The molecule has 2 N–H and O–H groups in total. The van der Waals surface area contributed by atoms with Crippen molar-refractivity contribution < 1.29 is 4.79 Å². The minimum Gasteiger partial charge on any atom is -0.366 e. The molecule has 3 heteroatoms. The molecule has 0 bridgehead atoms. The Kier molecular flexibility index (Phi) is 3.40. The van der Waals surface area contributed by atoms with Gasteiger partial charge in [0.2, 0.25) is 5.91 Å². The van der Waals surface area contributed by atoms with Gasteiger partial charge in [0.05, 0.1) is 0 Å². The number of nitrogens with two attached hydrogens (primary N) is 1. The molecule has 1 aliphatic carbocycles. The Morgan fingerprint density at radius 2 is 1.62 bits per heavy atom. The highest BCUT2D eigenvalue weighted by Gasteiger charge is 2.26. The Morgan fingerprint density at radius 3 is 2.24 bits per heavy atom. The lowest BCUT2D eigenvalue weighted by Crippen LogP contribution is -2.15. The van der Waals surface area contributed by atoms with Crippen molar-refractivity contribution >= 4 is 17.1 Å². The molecule has 1 aromatic carbocycles. The summed E-state index contributed by atoms with van der Waals surface area (Å²) in [4.78, 5) is 15.9. The van der Waals surface area contributed by atoms with E-state index in [4.69, 9.17) is 5.73 Å². The van der Waals surface area contributed by atoms with Crippen LogP contribution in [-0.4, -0.2) is 10.9 Å². The standard InChI is InChI=1S/C18H16N2O/c1-12-15(14-7-9-20-10-8-14)11-16(17(12)18(19)21)13-5-3-2-4-6-13/h2-10H,11H2,1H3,(H2,19,21). The van der Waals surface area contributed by atoms with Crippen molar-refractivity contribution in [2.45, 2.75) is 13.3 Å². The maximum absolute atomic E-state index is 11.9. The van der Waals surface area contributed by atoms with Crippen molar-refractivity contribution in [1.82, 2.24) is 4.98 Å². The summed E-state index contributed by atoms with van der Waals surface area (Å²) >= 11 is 0. The third-order valence-electron chi connectivity index (χ3n) is 3.88. The van der Waals surface area contributed by atoms with Gasteiger partial charge in [0, 0.05) is 18.0 Å². The minimum absolute atomic E-state index is 0.365. The molecule has 0 unspecified atom stereocenters. The van der Waals surface area contributed by atoms with Gasteiger partial charge in [-0.1, -0.05) is 30.3 Å². The van der Waals surface area contributed by atoms with E-state index in [2.05, 4.69) is 4.98 Å². The molecule has 1 aromatic heterocycles. The molecular formula is C18H16N2O. The van der Waals surface area contributed by atoms with E-state index in [-0.39, 0.29) is 5.91 Å². The van der Waals surface area contributed by atoms with Crippen LogP contribution in [0.2, 0.25) is 0 Å². The van der Waals surface area contributed by atoms with Crippen molar-refractivity contribution in [3.8, 4) is 0 Å². The van der Waals surface area contributed by atoms with Crippen LogP contribution >= 0.6 is 0 Å². The predicted molar refractivity (Wildman–Crippen MR) is 84.0 cm³/mol.